The molecule has 0 spiro atoms. The van der Waals surface area contributed by atoms with Gasteiger partial charge in [-0.25, -0.2) is 0 Å². The zero-order valence-electron chi connectivity index (χ0n) is 10.9. The average Bonchev–Trinajstić information content (AvgIpc) is 2.54. The minimum Gasteiger partial charge on any atom is -0.393 e. The first kappa shape index (κ1) is 14.4. The quantitative estimate of drug-likeness (QED) is 0.785. The fourth-order valence-electron chi connectivity index (χ4n) is 2.51. The van der Waals surface area contributed by atoms with Crippen LogP contribution in [0.5, 0.6) is 0 Å². The molecular formula is C13H24N2OS. The Kier molecular flexibility index (Phi) is 5.89. The molecule has 1 fully saturated rings. The van der Waals surface area contributed by atoms with Crippen molar-refractivity contribution in [3.63, 3.8) is 0 Å². The van der Waals surface area contributed by atoms with Crippen LogP contribution in [0, 0.1) is 11.8 Å². The van der Waals surface area contributed by atoms with Gasteiger partial charge in [0.25, 0.3) is 0 Å². The maximum atomic E-state index is 12.3. The summed E-state index contributed by atoms with van der Waals surface area (Å²) in [6.45, 7) is 5.94. The molecule has 17 heavy (non-hydrogen) atoms. The Morgan fingerprint density at radius 3 is 2.65 bits per heavy atom. The summed E-state index contributed by atoms with van der Waals surface area (Å²) in [6, 6.07) is 0. The van der Waals surface area contributed by atoms with E-state index in [1.165, 1.54) is 12.8 Å². The van der Waals surface area contributed by atoms with Crippen LogP contribution < -0.4 is 5.73 Å². The predicted molar refractivity (Wildman–Crippen MR) is 74.8 cm³/mol. The maximum absolute atomic E-state index is 12.3. The summed E-state index contributed by atoms with van der Waals surface area (Å²) < 4.78 is 0. The van der Waals surface area contributed by atoms with Crippen LogP contribution in [-0.4, -0.2) is 28.9 Å². The van der Waals surface area contributed by atoms with Gasteiger partial charge in [0.15, 0.2) is 0 Å². The first-order valence-electron chi connectivity index (χ1n) is 6.68. The van der Waals surface area contributed by atoms with E-state index in [2.05, 4.69) is 6.92 Å². The van der Waals surface area contributed by atoms with Gasteiger partial charge in [-0.15, -0.1) is 0 Å². The molecule has 2 atom stereocenters. The van der Waals surface area contributed by atoms with E-state index >= 15 is 0 Å². The van der Waals surface area contributed by atoms with Gasteiger partial charge in [0.1, 0.15) is 0 Å². The van der Waals surface area contributed by atoms with Gasteiger partial charge in [-0.1, -0.05) is 32.5 Å². The minimum atomic E-state index is -0.261. The van der Waals surface area contributed by atoms with Gasteiger partial charge >= 0.3 is 0 Å². The number of thiocarbonyl (C=S) groups is 1. The highest BCUT2D eigenvalue weighted by molar-refractivity contribution is 7.80. The second-order valence-corrected chi connectivity index (χ2v) is 5.37. The highest BCUT2D eigenvalue weighted by atomic mass is 32.1. The molecule has 1 aliphatic rings. The topological polar surface area (TPSA) is 46.3 Å². The smallest absolute Gasteiger partial charge is 0.232 e. The molecule has 1 aliphatic heterocycles. The van der Waals surface area contributed by atoms with Crippen LogP contribution >= 0.6 is 12.2 Å². The van der Waals surface area contributed by atoms with Crippen molar-refractivity contribution in [3.05, 3.63) is 0 Å². The summed E-state index contributed by atoms with van der Waals surface area (Å²) in [4.78, 5) is 14.6. The normalized spacial score (nSPS) is 22.9. The summed E-state index contributed by atoms with van der Waals surface area (Å²) in [7, 11) is 0. The van der Waals surface area contributed by atoms with Crippen LogP contribution in [-0.2, 0) is 4.79 Å². The number of likely N-dealkylation sites (tertiary alicyclic amines) is 1. The monoisotopic (exact) mass is 256 g/mol. The molecule has 0 bridgehead atoms. The van der Waals surface area contributed by atoms with Gasteiger partial charge in [-0.2, -0.15) is 0 Å². The fraction of sp³-hybridized carbons (Fsp3) is 0.846. The number of carbonyl (C=O) groups is 1. The van der Waals surface area contributed by atoms with Crippen molar-refractivity contribution in [2.45, 2.75) is 46.0 Å². The van der Waals surface area contributed by atoms with Crippen LogP contribution in [0.15, 0.2) is 0 Å². The Labute approximate surface area is 110 Å². The molecule has 1 saturated heterocycles. The van der Waals surface area contributed by atoms with Crippen LogP contribution in [0.25, 0.3) is 0 Å². The zero-order chi connectivity index (χ0) is 12.8. The van der Waals surface area contributed by atoms with Crippen molar-refractivity contribution < 1.29 is 4.79 Å². The molecule has 1 heterocycles. The number of nitrogens with two attached hydrogens (primary N) is 1. The molecule has 4 heteroatoms. The molecule has 2 unspecified atom stereocenters. The molecule has 1 rings (SSSR count). The van der Waals surface area contributed by atoms with E-state index in [1.807, 2.05) is 11.8 Å². The van der Waals surface area contributed by atoms with Gasteiger partial charge in [0.05, 0.1) is 10.9 Å². The summed E-state index contributed by atoms with van der Waals surface area (Å²) >= 11 is 4.97. The van der Waals surface area contributed by atoms with Crippen LogP contribution in [0.2, 0.25) is 0 Å². The lowest BCUT2D eigenvalue weighted by molar-refractivity contribution is -0.133. The molecule has 0 saturated carbocycles. The molecule has 3 nitrogen and oxygen atoms in total. The van der Waals surface area contributed by atoms with Crippen molar-refractivity contribution in [3.8, 4) is 0 Å². The third-order valence-corrected chi connectivity index (χ3v) is 4.07. The van der Waals surface area contributed by atoms with Crippen molar-refractivity contribution in [2.24, 2.45) is 17.6 Å². The van der Waals surface area contributed by atoms with Crippen molar-refractivity contribution in [2.75, 3.05) is 13.1 Å². The number of amides is 1. The molecule has 0 aromatic carbocycles. The van der Waals surface area contributed by atoms with E-state index in [0.29, 0.717) is 11.4 Å². The van der Waals surface area contributed by atoms with Gasteiger partial charge in [0.2, 0.25) is 5.91 Å². The SMILES string of the molecule is CCC1CCCN(C(=O)C(CC)C(N)=S)CC1. The number of carbonyl (C=O) groups excluding carboxylic acids is 1. The maximum Gasteiger partial charge on any atom is 0.232 e. The van der Waals surface area contributed by atoms with Gasteiger partial charge in [-0.3, -0.25) is 4.79 Å². The molecule has 0 aromatic heterocycles. The average molecular weight is 256 g/mol. The first-order chi connectivity index (χ1) is 8.10. The molecule has 98 valence electrons. The van der Waals surface area contributed by atoms with Gasteiger partial charge in [-0.05, 0) is 31.6 Å². The lowest BCUT2D eigenvalue weighted by atomic mass is 9.98. The number of rotatable bonds is 4. The summed E-state index contributed by atoms with van der Waals surface area (Å²) in [6.07, 6.45) is 5.40. The second kappa shape index (κ2) is 6.94. The largest absolute Gasteiger partial charge is 0.393 e. The summed E-state index contributed by atoms with van der Waals surface area (Å²) in [5, 5.41) is 0. The number of hydrogen-bond acceptors (Lipinski definition) is 2. The third kappa shape index (κ3) is 3.95. The lowest BCUT2D eigenvalue weighted by Gasteiger charge is -2.25. The Bertz CT molecular complexity index is 281. The van der Waals surface area contributed by atoms with E-state index in [4.69, 9.17) is 18.0 Å². The zero-order valence-corrected chi connectivity index (χ0v) is 11.8. The summed E-state index contributed by atoms with van der Waals surface area (Å²) in [5.41, 5.74) is 5.63. The van der Waals surface area contributed by atoms with Crippen LogP contribution in [0.1, 0.15) is 46.0 Å². The van der Waals surface area contributed by atoms with Crippen LogP contribution in [0.3, 0.4) is 0 Å². The standard InChI is InChI=1S/C13H24N2OS/c1-3-10-6-5-8-15(9-7-10)13(16)11(4-2)12(14)17/h10-11H,3-9H2,1-2H3,(H2,14,17). The Hall–Kier alpha value is -0.640. The molecule has 0 radical (unpaired) electrons. The minimum absolute atomic E-state index is 0.136. The third-order valence-electron chi connectivity index (χ3n) is 3.79. The molecular weight excluding hydrogens is 232 g/mol. The molecule has 0 aliphatic carbocycles. The first-order valence-corrected chi connectivity index (χ1v) is 7.09. The van der Waals surface area contributed by atoms with E-state index in [-0.39, 0.29) is 11.8 Å². The highest BCUT2D eigenvalue weighted by Crippen LogP contribution is 2.21. The Morgan fingerprint density at radius 2 is 2.12 bits per heavy atom. The van der Waals surface area contributed by atoms with Crippen molar-refractivity contribution in [1.82, 2.24) is 4.90 Å². The van der Waals surface area contributed by atoms with Crippen molar-refractivity contribution in [1.29, 1.82) is 0 Å². The molecule has 2 N–H and O–H groups in total. The van der Waals surface area contributed by atoms with E-state index in [1.54, 1.807) is 0 Å². The lowest BCUT2D eigenvalue weighted by Crippen LogP contribution is -2.41. The number of nitrogens with zero attached hydrogens (tertiary/aromatic N) is 1. The predicted octanol–water partition coefficient (Wildman–Crippen LogP) is 2.34. The molecule has 0 aromatic rings. The van der Waals surface area contributed by atoms with Gasteiger partial charge < -0.3 is 10.6 Å². The molecule has 1 amide bonds. The highest BCUT2D eigenvalue weighted by Gasteiger charge is 2.26. The van der Waals surface area contributed by atoms with Crippen molar-refractivity contribution >= 4 is 23.1 Å². The Morgan fingerprint density at radius 1 is 1.41 bits per heavy atom. The number of hydrogen-bond donors (Lipinski definition) is 1. The Balaban J connectivity index is 2.60. The second-order valence-electron chi connectivity index (χ2n) is 4.89. The van der Waals surface area contributed by atoms with Crippen LogP contribution in [0.4, 0.5) is 0 Å². The summed E-state index contributed by atoms with van der Waals surface area (Å²) in [5.74, 6) is 0.651. The van der Waals surface area contributed by atoms with E-state index in [0.717, 1.165) is 31.8 Å². The van der Waals surface area contributed by atoms with Gasteiger partial charge in [0, 0.05) is 13.1 Å². The fourth-order valence-corrected chi connectivity index (χ4v) is 2.78. The van der Waals surface area contributed by atoms with E-state index < -0.39 is 0 Å². The van der Waals surface area contributed by atoms with E-state index in [9.17, 15) is 4.79 Å².